The second kappa shape index (κ2) is 9.66. The normalized spacial score (nSPS) is 11.4. The Kier molecular flexibility index (Phi) is 7.28. The highest BCUT2D eigenvalue weighted by atomic mass is 16.7. The van der Waals surface area contributed by atoms with Crippen molar-refractivity contribution >= 4 is 28.4 Å². The van der Waals surface area contributed by atoms with Gasteiger partial charge in [-0.3, -0.25) is 4.79 Å². The molecule has 0 N–H and O–H groups in total. The lowest BCUT2D eigenvalue weighted by molar-refractivity contribution is -0.140. The van der Waals surface area contributed by atoms with E-state index < -0.39 is 17.4 Å². The minimum Gasteiger partial charge on any atom is -0.497 e. The number of nitrogens with zero attached hydrogens (tertiary/aromatic N) is 1. The van der Waals surface area contributed by atoms with Crippen molar-refractivity contribution < 1.29 is 23.6 Å². The molecule has 1 aromatic carbocycles. The van der Waals surface area contributed by atoms with Gasteiger partial charge in [-0.2, -0.15) is 0 Å². The summed E-state index contributed by atoms with van der Waals surface area (Å²) in [5, 5.41) is 4.24. The summed E-state index contributed by atoms with van der Waals surface area (Å²) in [4.78, 5) is 40.8. The van der Waals surface area contributed by atoms with Crippen LogP contribution in [0.4, 0.5) is 0 Å². The van der Waals surface area contributed by atoms with Gasteiger partial charge in [0.15, 0.2) is 0 Å². The van der Waals surface area contributed by atoms with Crippen LogP contribution in [0.5, 0.6) is 5.75 Å². The number of rotatable bonds is 9. The van der Waals surface area contributed by atoms with Gasteiger partial charge in [-0.1, -0.05) is 31.3 Å². The Labute approximate surface area is 156 Å². The first kappa shape index (κ1) is 20.4. The largest absolute Gasteiger partial charge is 0.497 e. The molecule has 0 saturated heterocycles. The lowest BCUT2D eigenvalue weighted by atomic mass is 10.0. The molecule has 7 nitrogen and oxygen atoms in total. The van der Waals surface area contributed by atoms with Crippen molar-refractivity contribution in [2.45, 2.75) is 46.0 Å². The van der Waals surface area contributed by atoms with Crippen molar-refractivity contribution in [1.29, 1.82) is 0 Å². The summed E-state index contributed by atoms with van der Waals surface area (Å²) in [5.74, 6) is -0.691. The maximum absolute atomic E-state index is 12.8. The molecule has 27 heavy (non-hydrogen) atoms. The summed E-state index contributed by atoms with van der Waals surface area (Å²) in [6.45, 7) is 3.27. The molecule has 2 aromatic rings. The number of fused-ring (bicyclic) bond motifs is 1. The fourth-order valence-corrected chi connectivity index (χ4v) is 2.57. The Morgan fingerprint density at radius 3 is 2.59 bits per heavy atom. The van der Waals surface area contributed by atoms with Gasteiger partial charge in [-0.15, -0.1) is 0 Å². The van der Waals surface area contributed by atoms with E-state index in [1.54, 1.807) is 18.2 Å². The number of carbonyl (C=O) groups excluding carboxylic acids is 2. The minimum absolute atomic E-state index is 0.0291. The van der Waals surface area contributed by atoms with Crippen LogP contribution in [0.1, 0.15) is 56.3 Å². The Bertz CT molecular complexity index is 912. The van der Waals surface area contributed by atoms with E-state index in [9.17, 15) is 14.4 Å². The molecule has 144 valence electrons. The standard InChI is InChI=1S/C20H23NO6/c1-4-5-6-7-8-17(21-27-13(2)22)19(23)16-11-14-9-10-15(25-3)12-18(14)26-20(16)24/h9-12H,4-8H2,1-3H3/b21-17+. The molecule has 0 fully saturated rings. The van der Waals surface area contributed by atoms with Crippen molar-refractivity contribution in [1.82, 2.24) is 0 Å². The van der Waals surface area contributed by atoms with Crippen LogP contribution in [0.25, 0.3) is 11.0 Å². The van der Waals surface area contributed by atoms with Crippen LogP contribution in [0, 0.1) is 0 Å². The first-order chi connectivity index (χ1) is 13.0. The third-order valence-corrected chi connectivity index (χ3v) is 4.00. The molecular weight excluding hydrogens is 350 g/mol. The molecule has 1 aromatic heterocycles. The first-order valence-electron chi connectivity index (χ1n) is 8.87. The molecule has 0 saturated carbocycles. The van der Waals surface area contributed by atoms with E-state index in [1.807, 2.05) is 0 Å². The Hall–Kier alpha value is -2.96. The van der Waals surface area contributed by atoms with Crippen LogP contribution in [0.3, 0.4) is 0 Å². The summed E-state index contributed by atoms with van der Waals surface area (Å²) in [6, 6.07) is 6.43. The predicted molar refractivity (Wildman–Crippen MR) is 101 cm³/mol. The summed E-state index contributed by atoms with van der Waals surface area (Å²) >= 11 is 0. The maximum Gasteiger partial charge on any atom is 0.347 e. The number of oxime groups is 1. The monoisotopic (exact) mass is 373 g/mol. The van der Waals surface area contributed by atoms with E-state index in [0.717, 1.165) is 19.3 Å². The molecule has 0 spiro atoms. The molecule has 1 heterocycles. The number of unbranched alkanes of at least 4 members (excludes halogenated alkanes) is 3. The molecule has 0 atom stereocenters. The number of ether oxygens (including phenoxy) is 1. The van der Waals surface area contributed by atoms with E-state index in [1.165, 1.54) is 20.1 Å². The number of hydrogen-bond acceptors (Lipinski definition) is 7. The highest BCUT2D eigenvalue weighted by Crippen LogP contribution is 2.20. The van der Waals surface area contributed by atoms with Gasteiger partial charge in [-0.25, -0.2) is 9.59 Å². The first-order valence-corrected chi connectivity index (χ1v) is 8.87. The van der Waals surface area contributed by atoms with Gasteiger partial charge in [0.05, 0.1) is 7.11 Å². The van der Waals surface area contributed by atoms with Crippen LogP contribution in [-0.2, 0) is 9.63 Å². The second-order valence-corrected chi connectivity index (χ2v) is 6.11. The zero-order chi connectivity index (χ0) is 19.8. The van der Waals surface area contributed by atoms with E-state index in [4.69, 9.17) is 9.15 Å². The second-order valence-electron chi connectivity index (χ2n) is 6.11. The van der Waals surface area contributed by atoms with Crippen LogP contribution in [-0.4, -0.2) is 24.6 Å². The highest BCUT2D eigenvalue weighted by molar-refractivity contribution is 6.46. The van der Waals surface area contributed by atoms with E-state index >= 15 is 0 Å². The van der Waals surface area contributed by atoms with Gasteiger partial charge >= 0.3 is 11.6 Å². The molecular formula is C20H23NO6. The van der Waals surface area contributed by atoms with Crippen molar-refractivity contribution in [2.75, 3.05) is 7.11 Å². The number of ketones is 1. The summed E-state index contributed by atoms with van der Waals surface area (Å²) in [7, 11) is 1.51. The summed E-state index contributed by atoms with van der Waals surface area (Å²) in [5.41, 5.74) is -0.572. The number of methoxy groups -OCH3 is 1. The summed E-state index contributed by atoms with van der Waals surface area (Å²) in [6.07, 6.45) is 3.99. The Morgan fingerprint density at radius 1 is 1.15 bits per heavy atom. The van der Waals surface area contributed by atoms with Crippen LogP contribution in [0.15, 0.2) is 38.6 Å². The third-order valence-electron chi connectivity index (χ3n) is 4.00. The minimum atomic E-state index is -0.773. The van der Waals surface area contributed by atoms with Crippen molar-refractivity contribution in [3.63, 3.8) is 0 Å². The van der Waals surface area contributed by atoms with Crippen LogP contribution < -0.4 is 10.4 Å². The van der Waals surface area contributed by atoms with Gasteiger partial charge in [0.1, 0.15) is 22.6 Å². The smallest absolute Gasteiger partial charge is 0.347 e. The SMILES string of the molecule is CCCCCC/C(=N\OC(C)=O)C(=O)c1cc2ccc(OC)cc2oc1=O. The fraction of sp³-hybridized carbons (Fsp3) is 0.400. The quantitative estimate of drug-likeness (QED) is 0.165. The average Bonchev–Trinajstić information content (AvgIpc) is 2.65. The highest BCUT2D eigenvalue weighted by Gasteiger charge is 2.20. The lowest BCUT2D eigenvalue weighted by Gasteiger charge is -2.06. The lowest BCUT2D eigenvalue weighted by Crippen LogP contribution is -2.22. The van der Waals surface area contributed by atoms with Crippen LogP contribution in [0.2, 0.25) is 0 Å². The zero-order valence-electron chi connectivity index (χ0n) is 15.7. The number of benzene rings is 1. The number of hydrogen-bond donors (Lipinski definition) is 0. The molecule has 2 rings (SSSR count). The predicted octanol–water partition coefficient (Wildman–Crippen LogP) is 3.87. The molecule has 0 amide bonds. The summed E-state index contributed by atoms with van der Waals surface area (Å²) < 4.78 is 10.4. The van der Waals surface area contributed by atoms with E-state index in [0.29, 0.717) is 29.6 Å². The van der Waals surface area contributed by atoms with Gasteiger partial charge < -0.3 is 14.0 Å². The topological polar surface area (TPSA) is 95.2 Å². The Balaban J connectivity index is 2.34. The van der Waals surface area contributed by atoms with Gasteiger partial charge in [0.2, 0.25) is 5.78 Å². The average molecular weight is 373 g/mol. The van der Waals surface area contributed by atoms with Crippen molar-refractivity contribution in [3.05, 3.63) is 40.2 Å². The molecule has 0 aliphatic rings. The molecule has 0 aliphatic carbocycles. The van der Waals surface area contributed by atoms with Crippen molar-refractivity contribution in [2.24, 2.45) is 5.16 Å². The molecule has 0 aliphatic heterocycles. The number of Topliss-reactive ketones (excluding diaryl/α,β-unsaturated/α-hetero) is 1. The van der Waals surface area contributed by atoms with Gasteiger partial charge in [0, 0.05) is 18.4 Å². The zero-order valence-corrected chi connectivity index (χ0v) is 15.7. The molecule has 0 radical (unpaired) electrons. The molecule has 7 heteroatoms. The molecule has 0 bridgehead atoms. The number of carbonyl (C=O) groups is 2. The molecule has 0 unspecified atom stereocenters. The van der Waals surface area contributed by atoms with Crippen LogP contribution >= 0.6 is 0 Å². The van der Waals surface area contributed by atoms with Crippen molar-refractivity contribution in [3.8, 4) is 5.75 Å². The maximum atomic E-state index is 12.8. The fourth-order valence-electron chi connectivity index (χ4n) is 2.57. The van der Waals surface area contributed by atoms with E-state index in [-0.39, 0.29) is 11.3 Å². The van der Waals surface area contributed by atoms with Gasteiger partial charge in [0.25, 0.3) is 0 Å². The third kappa shape index (κ3) is 5.51. The van der Waals surface area contributed by atoms with Gasteiger partial charge in [-0.05, 0) is 31.0 Å². The van der Waals surface area contributed by atoms with E-state index in [2.05, 4.69) is 16.9 Å². The Morgan fingerprint density at radius 2 is 1.93 bits per heavy atom.